The van der Waals surface area contributed by atoms with E-state index in [2.05, 4.69) is 0 Å². The van der Waals surface area contributed by atoms with Gasteiger partial charge in [-0.3, -0.25) is 14.5 Å². The number of rotatable bonds is 7. The van der Waals surface area contributed by atoms with Crippen LogP contribution in [0.3, 0.4) is 0 Å². The number of carboxylic acids is 1. The predicted molar refractivity (Wildman–Crippen MR) is 115 cm³/mol. The summed E-state index contributed by atoms with van der Waals surface area (Å²) in [6.07, 6.45) is 1.56. The molecule has 9 heteroatoms. The van der Waals surface area contributed by atoms with Crippen molar-refractivity contribution in [1.82, 2.24) is 0 Å². The molecule has 150 valence electrons. The van der Waals surface area contributed by atoms with Gasteiger partial charge in [-0.25, -0.2) is 0 Å². The van der Waals surface area contributed by atoms with Gasteiger partial charge in [-0.05, 0) is 35.9 Å². The van der Waals surface area contributed by atoms with E-state index < -0.39 is 5.97 Å². The monoisotopic (exact) mass is 431 g/mol. The summed E-state index contributed by atoms with van der Waals surface area (Å²) in [6, 6.07) is 11.4. The summed E-state index contributed by atoms with van der Waals surface area (Å²) in [4.78, 5) is 25.2. The molecule has 3 rings (SSSR count). The molecule has 0 aromatic heterocycles. The van der Waals surface area contributed by atoms with E-state index in [4.69, 9.17) is 26.8 Å². The van der Waals surface area contributed by atoms with Gasteiger partial charge in [-0.2, -0.15) is 0 Å². The molecule has 1 fully saturated rings. The number of thiocarbonyl (C=S) groups is 1. The summed E-state index contributed by atoms with van der Waals surface area (Å²) in [6.45, 7) is 0.0214. The van der Waals surface area contributed by atoms with Crippen LogP contribution in [0.4, 0.5) is 5.69 Å². The lowest BCUT2D eigenvalue weighted by atomic mass is 10.1. The molecular weight excluding hydrogens is 414 g/mol. The Hall–Kier alpha value is -3.04. The van der Waals surface area contributed by atoms with Crippen molar-refractivity contribution >= 4 is 51.9 Å². The van der Waals surface area contributed by atoms with E-state index in [0.717, 1.165) is 11.8 Å². The largest absolute Gasteiger partial charge is 0.508 e. The Kier molecular flexibility index (Phi) is 6.40. The molecule has 1 saturated heterocycles. The van der Waals surface area contributed by atoms with Crippen molar-refractivity contribution in [2.75, 3.05) is 18.6 Å². The Morgan fingerprint density at radius 2 is 2.03 bits per heavy atom. The molecule has 1 amide bonds. The lowest BCUT2D eigenvalue weighted by molar-refractivity contribution is -0.137. The number of carboxylic acid groups (broad SMARTS) is 1. The van der Waals surface area contributed by atoms with Crippen molar-refractivity contribution < 1.29 is 29.3 Å². The van der Waals surface area contributed by atoms with Gasteiger partial charge in [0.25, 0.3) is 5.91 Å². The zero-order valence-electron chi connectivity index (χ0n) is 15.3. The topological polar surface area (TPSA) is 96.3 Å². The van der Waals surface area contributed by atoms with Crippen LogP contribution >= 0.6 is 24.0 Å². The first-order valence-electron chi connectivity index (χ1n) is 8.48. The van der Waals surface area contributed by atoms with Crippen molar-refractivity contribution in [3.05, 3.63) is 52.9 Å². The standard InChI is InChI=1S/C20H17NO6S2/c1-26-16-9-12(5-6-15(16)27-8-7-18(23)24)10-17-19(25)21(20(28)29-17)13-3-2-4-14(22)11-13/h2-6,9-11,22H,7-8H2,1H3,(H,23,24)/b17-10+. The quantitative estimate of drug-likeness (QED) is 0.507. The van der Waals surface area contributed by atoms with E-state index in [9.17, 15) is 14.7 Å². The lowest BCUT2D eigenvalue weighted by Gasteiger charge is -2.14. The molecule has 0 bridgehead atoms. The van der Waals surface area contributed by atoms with Gasteiger partial charge < -0.3 is 19.7 Å². The fraction of sp³-hybridized carbons (Fsp3) is 0.150. The van der Waals surface area contributed by atoms with E-state index in [1.54, 1.807) is 36.4 Å². The number of anilines is 1. The van der Waals surface area contributed by atoms with Crippen LogP contribution in [0.15, 0.2) is 47.4 Å². The number of carbonyl (C=O) groups is 2. The van der Waals surface area contributed by atoms with E-state index in [0.29, 0.717) is 32.0 Å². The average molecular weight is 431 g/mol. The van der Waals surface area contributed by atoms with Gasteiger partial charge in [0.2, 0.25) is 0 Å². The number of thioether (sulfide) groups is 1. The minimum atomic E-state index is -0.950. The maximum atomic E-state index is 12.8. The SMILES string of the molecule is COc1cc(/C=C2/SC(=S)N(c3cccc(O)c3)C2=O)ccc1OCCC(=O)O. The van der Waals surface area contributed by atoms with Gasteiger partial charge in [0.05, 0.1) is 30.7 Å². The first kappa shape index (κ1) is 20.7. The highest BCUT2D eigenvalue weighted by Gasteiger charge is 2.33. The van der Waals surface area contributed by atoms with Crippen LogP contribution in [0.5, 0.6) is 17.2 Å². The Labute approximate surface area is 176 Å². The summed E-state index contributed by atoms with van der Waals surface area (Å²) < 4.78 is 11.1. The van der Waals surface area contributed by atoms with Crippen LogP contribution in [0, 0.1) is 0 Å². The summed E-state index contributed by atoms with van der Waals surface area (Å²) >= 11 is 6.49. The lowest BCUT2D eigenvalue weighted by Crippen LogP contribution is -2.27. The van der Waals surface area contributed by atoms with Crippen LogP contribution in [0.25, 0.3) is 6.08 Å². The number of carbonyl (C=O) groups excluding carboxylic acids is 1. The van der Waals surface area contributed by atoms with Crippen molar-refractivity contribution in [1.29, 1.82) is 0 Å². The second kappa shape index (κ2) is 8.97. The number of ether oxygens (including phenoxy) is 2. The molecule has 0 saturated carbocycles. The zero-order chi connectivity index (χ0) is 21.0. The number of amides is 1. The van der Waals surface area contributed by atoms with E-state index >= 15 is 0 Å². The summed E-state index contributed by atoms with van der Waals surface area (Å²) in [5.41, 5.74) is 1.19. The Morgan fingerprint density at radius 3 is 2.72 bits per heavy atom. The maximum absolute atomic E-state index is 12.8. The van der Waals surface area contributed by atoms with Gasteiger partial charge >= 0.3 is 5.97 Å². The maximum Gasteiger partial charge on any atom is 0.306 e. The highest BCUT2D eigenvalue weighted by atomic mass is 32.2. The Balaban J connectivity index is 1.81. The number of methoxy groups -OCH3 is 1. The van der Waals surface area contributed by atoms with Crippen LogP contribution in [-0.4, -0.2) is 40.1 Å². The molecule has 7 nitrogen and oxygen atoms in total. The van der Waals surface area contributed by atoms with Gasteiger partial charge in [0.15, 0.2) is 15.8 Å². The van der Waals surface area contributed by atoms with Crippen molar-refractivity contribution in [3.63, 3.8) is 0 Å². The van der Waals surface area contributed by atoms with Gasteiger partial charge in [-0.15, -0.1) is 0 Å². The van der Waals surface area contributed by atoms with Crippen molar-refractivity contribution in [2.24, 2.45) is 0 Å². The number of aromatic hydroxyl groups is 1. The molecular formula is C20H17NO6S2. The molecule has 2 N–H and O–H groups in total. The number of hydrogen-bond acceptors (Lipinski definition) is 7. The molecule has 0 spiro atoms. The zero-order valence-corrected chi connectivity index (χ0v) is 17.0. The molecule has 0 atom stereocenters. The normalized spacial score (nSPS) is 15.1. The third kappa shape index (κ3) is 4.87. The highest BCUT2D eigenvalue weighted by Crippen LogP contribution is 2.37. The molecule has 1 aliphatic rings. The summed E-state index contributed by atoms with van der Waals surface area (Å²) in [5.74, 6) is -0.352. The minimum absolute atomic E-state index is 0.0214. The third-order valence-electron chi connectivity index (χ3n) is 3.94. The second-order valence-electron chi connectivity index (χ2n) is 5.94. The van der Waals surface area contributed by atoms with E-state index in [-0.39, 0.29) is 24.7 Å². The second-order valence-corrected chi connectivity index (χ2v) is 7.62. The first-order valence-corrected chi connectivity index (χ1v) is 9.71. The molecule has 1 aliphatic heterocycles. The smallest absolute Gasteiger partial charge is 0.306 e. The number of benzene rings is 2. The van der Waals surface area contributed by atoms with Gasteiger partial charge in [0.1, 0.15) is 5.75 Å². The van der Waals surface area contributed by atoms with Gasteiger partial charge in [-0.1, -0.05) is 36.1 Å². The minimum Gasteiger partial charge on any atom is -0.508 e. The average Bonchev–Trinajstić information content (AvgIpc) is 2.95. The number of hydrogen-bond donors (Lipinski definition) is 2. The number of phenols is 1. The molecule has 0 aliphatic carbocycles. The molecule has 2 aromatic rings. The molecule has 0 radical (unpaired) electrons. The van der Waals surface area contributed by atoms with Crippen molar-refractivity contribution in [3.8, 4) is 17.2 Å². The molecule has 1 heterocycles. The van der Waals surface area contributed by atoms with Crippen LogP contribution in [0.2, 0.25) is 0 Å². The summed E-state index contributed by atoms with van der Waals surface area (Å²) in [5, 5.41) is 18.4. The third-order valence-corrected chi connectivity index (χ3v) is 5.24. The van der Waals surface area contributed by atoms with Crippen LogP contribution in [-0.2, 0) is 9.59 Å². The van der Waals surface area contributed by atoms with E-state index in [1.807, 2.05) is 0 Å². The number of phenolic OH excluding ortho intramolecular Hbond substituents is 1. The Bertz CT molecular complexity index is 1000. The summed E-state index contributed by atoms with van der Waals surface area (Å²) in [7, 11) is 1.48. The highest BCUT2D eigenvalue weighted by molar-refractivity contribution is 8.27. The molecule has 2 aromatic carbocycles. The van der Waals surface area contributed by atoms with Crippen LogP contribution in [0.1, 0.15) is 12.0 Å². The first-order chi connectivity index (χ1) is 13.9. The molecule has 0 unspecified atom stereocenters. The van der Waals surface area contributed by atoms with Crippen LogP contribution < -0.4 is 14.4 Å². The number of aliphatic carboxylic acids is 1. The fourth-order valence-electron chi connectivity index (χ4n) is 2.62. The number of nitrogens with zero attached hydrogens (tertiary/aromatic N) is 1. The van der Waals surface area contributed by atoms with Crippen molar-refractivity contribution in [2.45, 2.75) is 6.42 Å². The molecule has 29 heavy (non-hydrogen) atoms. The van der Waals surface area contributed by atoms with Gasteiger partial charge in [0, 0.05) is 6.07 Å². The Morgan fingerprint density at radius 1 is 1.24 bits per heavy atom. The van der Waals surface area contributed by atoms with E-state index in [1.165, 1.54) is 24.1 Å². The predicted octanol–water partition coefficient (Wildman–Crippen LogP) is 3.66. The fourth-order valence-corrected chi connectivity index (χ4v) is 3.91.